The number of halogens is 1. The van der Waals surface area contributed by atoms with Crippen LogP contribution in [0.1, 0.15) is 28.8 Å². The van der Waals surface area contributed by atoms with Crippen molar-refractivity contribution < 1.29 is 14.0 Å². The third-order valence-electron chi connectivity index (χ3n) is 5.25. The van der Waals surface area contributed by atoms with Gasteiger partial charge in [-0.3, -0.25) is 4.79 Å². The van der Waals surface area contributed by atoms with Gasteiger partial charge in [0.2, 0.25) is 0 Å². The number of aryl methyl sites for hydroxylation is 1. The predicted molar refractivity (Wildman–Crippen MR) is 101 cm³/mol. The Hall–Kier alpha value is -3.09. The van der Waals surface area contributed by atoms with Crippen LogP contribution in [0.15, 0.2) is 42.5 Å². The van der Waals surface area contributed by atoms with E-state index in [-0.39, 0.29) is 17.6 Å². The number of carbonyl (C=O) groups excluding carboxylic acids is 2. The van der Waals surface area contributed by atoms with Gasteiger partial charge in [0.25, 0.3) is 5.91 Å². The van der Waals surface area contributed by atoms with Crippen molar-refractivity contribution in [2.24, 2.45) is 0 Å². The van der Waals surface area contributed by atoms with Crippen LogP contribution >= 0.6 is 0 Å². The molecule has 2 heterocycles. The molecule has 2 aliphatic heterocycles. The molecule has 0 atom stereocenters. The molecule has 140 valence electrons. The highest BCUT2D eigenvalue weighted by Crippen LogP contribution is 2.33. The van der Waals surface area contributed by atoms with Gasteiger partial charge in [-0.2, -0.15) is 0 Å². The van der Waals surface area contributed by atoms with E-state index in [2.05, 4.69) is 16.0 Å². The Morgan fingerprint density at radius 1 is 1.11 bits per heavy atom. The molecule has 0 radical (unpaired) electrons. The van der Waals surface area contributed by atoms with Crippen LogP contribution in [0.4, 0.5) is 20.6 Å². The molecule has 0 bridgehead atoms. The molecule has 2 aliphatic rings. The lowest BCUT2D eigenvalue weighted by atomic mass is 9.91. The summed E-state index contributed by atoms with van der Waals surface area (Å²) in [7, 11) is 0. The van der Waals surface area contributed by atoms with Crippen LogP contribution in [0.5, 0.6) is 0 Å². The summed E-state index contributed by atoms with van der Waals surface area (Å²) < 4.78 is 13.7. The van der Waals surface area contributed by atoms with Crippen molar-refractivity contribution >= 4 is 23.3 Å². The van der Waals surface area contributed by atoms with Gasteiger partial charge in [-0.25, -0.2) is 9.18 Å². The number of hydrogen-bond donors (Lipinski definition) is 3. The zero-order chi connectivity index (χ0) is 19.0. The van der Waals surface area contributed by atoms with Crippen molar-refractivity contribution in [3.8, 4) is 0 Å². The van der Waals surface area contributed by atoms with Crippen molar-refractivity contribution in [2.45, 2.75) is 25.4 Å². The number of fused-ring (bicyclic) bond motifs is 1. The van der Waals surface area contributed by atoms with Crippen LogP contribution in [0.25, 0.3) is 0 Å². The first-order chi connectivity index (χ1) is 13.0. The van der Waals surface area contributed by atoms with Crippen LogP contribution < -0.4 is 16.0 Å². The lowest BCUT2D eigenvalue weighted by Gasteiger charge is -2.46. The molecule has 1 spiro atoms. The molecule has 1 saturated heterocycles. The van der Waals surface area contributed by atoms with Crippen molar-refractivity contribution in [1.29, 1.82) is 0 Å². The number of carbonyl (C=O) groups is 2. The van der Waals surface area contributed by atoms with E-state index in [1.54, 1.807) is 23.1 Å². The Morgan fingerprint density at radius 2 is 1.85 bits per heavy atom. The summed E-state index contributed by atoms with van der Waals surface area (Å²) in [5.41, 5.74) is 2.11. The topological polar surface area (TPSA) is 73.5 Å². The summed E-state index contributed by atoms with van der Waals surface area (Å²) in [4.78, 5) is 26.6. The average molecular weight is 368 g/mol. The van der Waals surface area contributed by atoms with Gasteiger partial charge < -0.3 is 20.9 Å². The summed E-state index contributed by atoms with van der Waals surface area (Å²) >= 11 is 0. The first kappa shape index (κ1) is 17.3. The maximum absolute atomic E-state index is 13.7. The summed E-state index contributed by atoms with van der Waals surface area (Å²) in [5.74, 6) is -0.565. The zero-order valence-corrected chi connectivity index (χ0v) is 15.0. The normalized spacial score (nSPS) is 17.7. The van der Waals surface area contributed by atoms with Gasteiger partial charge >= 0.3 is 6.03 Å². The van der Waals surface area contributed by atoms with Gasteiger partial charge in [-0.05, 0) is 30.7 Å². The summed E-state index contributed by atoms with van der Waals surface area (Å²) in [5, 5.41) is 9.15. The maximum Gasteiger partial charge on any atom is 0.321 e. The number of anilines is 2. The molecule has 3 amide bonds. The first-order valence-corrected chi connectivity index (χ1v) is 8.98. The van der Waals surface area contributed by atoms with Crippen LogP contribution in [-0.2, 0) is 0 Å². The highest BCUT2D eigenvalue weighted by molar-refractivity contribution is 6.03. The van der Waals surface area contributed by atoms with Gasteiger partial charge in [0.05, 0.1) is 16.9 Å². The fraction of sp³-hybridized carbons (Fsp3) is 0.300. The third-order valence-corrected chi connectivity index (χ3v) is 5.25. The molecule has 1 fully saturated rings. The van der Waals surface area contributed by atoms with Gasteiger partial charge in [0, 0.05) is 25.9 Å². The second-order valence-electron chi connectivity index (χ2n) is 7.06. The molecule has 2 aromatic rings. The second kappa shape index (κ2) is 6.57. The average Bonchev–Trinajstić information content (AvgIpc) is 2.65. The summed E-state index contributed by atoms with van der Waals surface area (Å²) in [6.07, 6.45) is 1.13. The second-order valence-corrected chi connectivity index (χ2v) is 7.06. The van der Waals surface area contributed by atoms with E-state index in [0.29, 0.717) is 31.5 Å². The van der Waals surface area contributed by atoms with Gasteiger partial charge in [-0.1, -0.05) is 24.3 Å². The Balaban J connectivity index is 1.45. The predicted octanol–water partition coefficient (Wildman–Crippen LogP) is 3.31. The van der Waals surface area contributed by atoms with Gasteiger partial charge in [-0.15, -0.1) is 0 Å². The molecule has 0 aromatic heterocycles. The van der Waals surface area contributed by atoms with Crippen LogP contribution in [-0.4, -0.2) is 35.6 Å². The molecule has 4 rings (SSSR count). The molecule has 27 heavy (non-hydrogen) atoms. The van der Waals surface area contributed by atoms with Crippen LogP contribution in [0.2, 0.25) is 0 Å². The molecule has 0 aliphatic carbocycles. The van der Waals surface area contributed by atoms with E-state index in [9.17, 15) is 14.0 Å². The molecule has 0 saturated carbocycles. The maximum atomic E-state index is 13.7. The molecule has 3 N–H and O–H groups in total. The van der Waals surface area contributed by atoms with Crippen LogP contribution in [0, 0.1) is 12.7 Å². The molecular weight excluding hydrogens is 347 g/mol. The fourth-order valence-corrected chi connectivity index (χ4v) is 3.68. The SMILES string of the molecule is Cc1cccc2c1NC1(CCN(C(=O)Nc3ccccc3F)CC1)NC2=O. The molecule has 6 nitrogen and oxygen atoms in total. The van der Waals surface area contributed by atoms with E-state index in [4.69, 9.17) is 0 Å². The number of nitrogens with zero attached hydrogens (tertiary/aromatic N) is 1. The third kappa shape index (κ3) is 3.20. The van der Waals surface area contributed by atoms with Crippen molar-refractivity contribution in [2.75, 3.05) is 23.7 Å². The number of hydrogen-bond acceptors (Lipinski definition) is 3. The minimum absolute atomic E-state index is 0.100. The number of benzene rings is 2. The van der Waals surface area contributed by atoms with Crippen LogP contribution in [0.3, 0.4) is 0 Å². The Bertz CT molecular complexity index is 907. The molecular formula is C20H21FN4O2. The first-order valence-electron chi connectivity index (χ1n) is 8.98. The van der Waals surface area contributed by atoms with Crippen molar-refractivity contribution in [1.82, 2.24) is 10.2 Å². The minimum Gasteiger partial charge on any atom is -0.362 e. The number of urea groups is 1. The lowest BCUT2D eigenvalue weighted by Crippen LogP contribution is -2.63. The fourth-order valence-electron chi connectivity index (χ4n) is 3.68. The number of likely N-dealkylation sites (tertiary alicyclic amines) is 1. The monoisotopic (exact) mass is 368 g/mol. The summed E-state index contributed by atoms with van der Waals surface area (Å²) in [6, 6.07) is 11.4. The lowest BCUT2D eigenvalue weighted by molar-refractivity contribution is 0.0851. The van der Waals surface area contributed by atoms with Crippen molar-refractivity contribution in [3.63, 3.8) is 0 Å². The quantitative estimate of drug-likeness (QED) is 0.723. The molecule has 0 unspecified atom stereocenters. The number of piperidine rings is 1. The van der Waals surface area contributed by atoms with E-state index < -0.39 is 11.5 Å². The number of nitrogens with one attached hydrogen (secondary N) is 3. The Kier molecular flexibility index (Phi) is 4.22. The largest absolute Gasteiger partial charge is 0.362 e. The minimum atomic E-state index is -0.565. The van der Waals surface area contributed by atoms with E-state index >= 15 is 0 Å². The highest BCUT2D eigenvalue weighted by atomic mass is 19.1. The Morgan fingerprint density at radius 3 is 2.59 bits per heavy atom. The zero-order valence-electron chi connectivity index (χ0n) is 15.0. The van der Waals surface area contributed by atoms with Gasteiger partial charge in [0.15, 0.2) is 0 Å². The standard InChI is InChI=1S/C20H21FN4O2/c1-13-5-4-6-14-17(13)23-20(24-18(14)26)9-11-25(12-10-20)19(27)22-16-8-3-2-7-15(16)21/h2-8,23H,9-12H2,1H3,(H,22,27)(H,24,26). The number of rotatable bonds is 1. The smallest absolute Gasteiger partial charge is 0.321 e. The molecule has 7 heteroatoms. The number of para-hydroxylation sites is 2. The highest BCUT2D eigenvalue weighted by Gasteiger charge is 2.41. The Labute approximate surface area is 156 Å². The van der Waals surface area contributed by atoms with E-state index in [1.807, 2.05) is 19.1 Å². The van der Waals surface area contributed by atoms with E-state index in [1.165, 1.54) is 12.1 Å². The number of amides is 3. The summed E-state index contributed by atoms with van der Waals surface area (Å²) in [6.45, 7) is 2.87. The van der Waals surface area contributed by atoms with E-state index in [0.717, 1.165) is 11.3 Å². The molecule has 2 aromatic carbocycles. The van der Waals surface area contributed by atoms with Gasteiger partial charge in [0.1, 0.15) is 11.5 Å². The van der Waals surface area contributed by atoms with Crippen molar-refractivity contribution in [3.05, 3.63) is 59.4 Å².